The molecule has 6 heteroatoms. The number of piperidine rings is 1. The molecule has 5 nitrogen and oxygen atoms in total. The van der Waals surface area contributed by atoms with Crippen LogP contribution in [-0.2, 0) is 5.41 Å². The summed E-state index contributed by atoms with van der Waals surface area (Å²) < 4.78 is 24.3. The van der Waals surface area contributed by atoms with E-state index in [-0.39, 0.29) is 11.7 Å². The van der Waals surface area contributed by atoms with Crippen molar-refractivity contribution in [2.45, 2.75) is 95.5 Å². The zero-order valence-corrected chi connectivity index (χ0v) is 24.8. The van der Waals surface area contributed by atoms with Crippen LogP contribution in [0.5, 0.6) is 11.5 Å². The highest BCUT2D eigenvalue weighted by molar-refractivity contribution is 5.47. The summed E-state index contributed by atoms with van der Waals surface area (Å²) >= 11 is 0. The molecule has 1 aliphatic heterocycles. The minimum Gasteiger partial charge on any atom is -0.493 e. The van der Waals surface area contributed by atoms with Crippen molar-refractivity contribution in [1.29, 1.82) is 5.26 Å². The van der Waals surface area contributed by atoms with E-state index in [9.17, 15) is 14.8 Å². The van der Waals surface area contributed by atoms with Gasteiger partial charge in [0, 0.05) is 0 Å². The molecule has 40 heavy (non-hydrogen) atoms. The fourth-order valence-electron chi connectivity index (χ4n) is 6.14. The smallest absolute Gasteiger partial charge is 0.161 e. The van der Waals surface area contributed by atoms with Gasteiger partial charge >= 0.3 is 0 Å². The molecular formula is C34H49FN2O3. The van der Waals surface area contributed by atoms with Gasteiger partial charge in [0.1, 0.15) is 5.82 Å². The van der Waals surface area contributed by atoms with Gasteiger partial charge < -0.3 is 19.5 Å². The molecule has 220 valence electrons. The molecule has 0 spiro atoms. The van der Waals surface area contributed by atoms with Gasteiger partial charge in [-0.25, -0.2) is 4.39 Å². The van der Waals surface area contributed by atoms with E-state index in [1.54, 1.807) is 26.4 Å². The van der Waals surface area contributed by atoms with Crippen LogP contribution in [0.1, 0.15) is 101 Å². The second kappa shape index (κ2) is 16.6. The van der Waals surface area contributed by atoms with Crippen LogP contribution in [-0.4, -0.2) is 43.9 Å². The highest BCUT2D eigenvalue weighted by Gasteiger charge is 2.33. The third-order valence-corrected chi connectivity index (χ3v) is 8.73. The van der Waals surface area contributed by atoms with Gasteiger partial charge in [0.05, 0.1) is 31.8 Å². The molecular weight excluding hydrogens is 503 g/mol. The Hall–Kier alpha value is -2.62. The Morgan fingerprint density at radius 3 is 2.17 bits per heavy atom. The number of aliphatic hydroxyl groups excluding tert-OH is 1. The molecule has 1 saturated heterocycles. The Morgan fingerprint density at radius 1 is 0.925 bits per heavy atom. The molecule has 2 unspecified atom stereocenters. The van der Waals surface area contributed by atoms with Crippen molar-refractivity contribution in [2.24, 2.45) is 5.92 Å². The van der Waals surface area contributed by atoms with Crippen LogP contribution in [0.4, 0.5) is 4.39 Å². The number of unbranched alkanes of at least 4 members (excludes halogenated alkanes) is 6. The lowest BCUT2D eigenvalue weighted by molar-refractivity contribution is 0.0580. The van der Waals surface area contributed by atoms with E-state index in [0.717, 1.165) is 75.7 Å². The number of ether oxygens (including phenoxy) is 2. The third-order valence-electron chi connectivity index (χ3n) is 8.73. The van der Waals surface area contributed by atoms with E-state index in [2.05, 4.69) is 17.9 Å². The van der Waals surface area contributed by atoms with Crippen LogP contribution in [0, 0.1) is 23.1 Å². The minimum absolute atomic E-state index is 0.184. The molecule has 0 saturated carbocycles. The number of hydrogen-bond acceptors (Lipinski definition) is 5. The van der Waals surface area contributed by atoms with Gasteiger partial charge in [-0.15, -0.1) is 0 Å². The van der Waals surface area contributed by atoms with Crippen LogP contribution in [0.15, 0.2) is 42.5 Å². The molecule has 2 aromatic rings. The maximum Gasteiger partial charge on any atom is 0.161 e. The van der Waals surface area contributed by atoms with E-state index >= 15 is 0 Å². The number of hydrogen-bond donors (Lipinski definition) is 1. The van der Waals surface area contributed by atoms with Gasteiger partial charge in [-0.1, -0.05) is 70.1 Å². The molecule has 2 aromatic carbocycles. The van der Waals surface area contributed by atoms with Crippen molar-refractivity contribution >= 4 is 0 Å². The molecule has 1 aliphatic rings. The largest absolute Gasteiger partial charge is 0.493 e. The second-order valence-electron chi connectivity index (χ2n) is 11.4. The number of nitrogens with zero attached hydrogens (tertiary/aromatic N) is 2. The van der Waals surface area contributed by atoms with E-state index in [0.29, 0.717) is 11.5 Å². The first-order chi connectivity index (χ1) is 19.5. The number of benzene rings is 2. The van der Waals surface area contributed by atoms with Crippen molar-refractivity contribution in [3.05, 3.63) is 59.4 Å². The summed E-state index contributed by atoms with van der Waals surface area (Å²) in [5, 5.41) is 21.4. The molecule has 1 fully saturated rings. The van der Waals surface area contributed by atoms with Crippen LogP contribution in [0.3, 0.4) is 0 Å². The zero-order chi connectivity index (χ0) is 28.8. The Kier molecular flexibility index (Phi) is 13.2. The SMILES string of the molecule is CCCCCCCCCC(C#N)(CCCN1CCC(C(O)c2ccc(F)cc2)CC1)c1ccc(OC)c(OC)c1. The maximum atomic E-state index is 13.3. The molecule has 0 aliphatic carbocycles. The Labute approximate surface area is 241 Å². The molecule has 3 rings (SSSR count). The van der Waals surface area contributed by atoms with Crippen LogP contribution in [0.25, 0.3) is 0 Å². The first-order valence-corrected chi connectivity index (χ1v) is 15.3. The van der Waals surface area contributed by atoms with E-state index in [4.69, 9.17) is 9.47 Å². The molecule has 0 amide bonds. The normalized spacial score (nSPS) is 16.7. The van der Waals surface area contributed by atoms with Crippen molar-refractivity contribution in [2.75, 3.05) is 33.9 Å². The lowest BCUT2D eigenvalue weighted by Gasteiger charge is -2.35. The highest BCUT2D eigenvalue weighted by Crippen LogP contribution is 2.39. The lowest BCUT2D eigenvalue weighted by Crippen LogP contribution is -2.37. The summed E-state index contributed by atoms with van der Waals surface area (Å²) in [6.45, 7) is 5.03. The zero-order valence-electron chi connectivity index (χ0n) is 24.8. The highest BCUT2D eigenvalue weighted by atomic mass is 19.1. The second-order valence-corrected chi connectivity index (χ2v) is 11.4. The van der Waals surface area contributed by atoms with Crippen molar-refractivity contribution < 1.29 is 19.0 Å². The van der Waals surface area contributed by atoms with Gasteiger partial charge in [0.25, 0.3) is 0 Å². The van der Waals surface area contributed by atoms with E-state index < -0.39 is 11.5 Å². The maximum absolute atomic E-state index is 13.3. The number of likely N-dealkylation sites (tertiary alicyclic amines) is 1. The summed E-state index contributed by atoms with van der Waals surface area (Å²) in [5.41, 5.74) is 1.25. The predicted octanol–water partition coefficient (Wildman–Crippen LogP) is 7.97. The van der Waals surface area contributed by atoms with Gasteiger partial charge in [-0.2, -0.15) is 5.26 Å². The molecule has 0 bridgehead atoms. The van der Waals surface area contributed by atoms with Crippen molar-refractivity contribution in [3.63, 3.8) is 0 Å². The van der Waals surface area contributed by atoms with Crippen LogP contribution < -0.4 is 9.47 Å². The van der Waals surface area contributed by atoms with Crippen LogP contribution >= 0.6 is 0 Å². The summed E-state index contributed by atoms with van der Waals surface area (Å²) in [6, 6.07) is 14.9. The molecule has 0 aromatic heterocycles. The molecule has 1 N–H and O–H groups in total. The van der Waals surface area contributed by atoms with Gasteiger partial charge in [0.15, 0.2) is 11.5 Å². The average Bonchev–Trinajstić information content (AvgIpc) is 2.99. The van der Waals surface area contributed by atoms with E-state index in [1.807, 2.05) is 18.2 Å². The quantitative estimate of drug-likeness (QED) is 0.202. The first-order valence-electron chi connectivity index (χ1n) is 15.3. The number of nitriles is 1. The Bertz CT molecular complexity index is 1050. The minimum atomic E-state index is -0.555. The van der Waals surface area contributed by atoms with Gasteiger partial charge in [-0.05, 0) is 93.0 Å². The standard InChI is InChI=1S/C34H49FN2O3/c1-4-5-6-7-8-9-10-20-34(26-36,29-14-17-31(39-2)32(25-29)40-3)21-11-22-37-23-18-28(19-24-37)33(38)27-12-15-30(35)16-13-27/h12-17,25,28,33,38H,4-11,18-24H2,1-3H3. The van der Waals surface area contributed by atoms with Crippen molar-refractivity contribution in [3.8, 4) is 17.6 Å². The first kappa shape index (κ1) is 31.9. The molecule has 2 atom stereocenters. The monoisotopic (exact) mass is 552 g/mol. The fourth-order valence-corrected chi connectivity index (χ4v) is 6.14. The topological polar surface area (TPSA) is 65.7 Å². The van der Waals surface area contributed by atoms with Crippen LogP contribution in [0.2, 0.25) is 0 Å². The molecule has 1 heterocycles. The third kappa shape index (κ3) is 8.94. The van der Waals surface area contributed by atoms with Crippen molar-refractivity contribution in [1.82, 2.24) is 4.90 Å². The Balaban J connectivity index is 1.58. The fraction of sp³-hybridized carbons (Fsp3) is 0.618. The van der Waals surface area contributed by atoms with Gasteiger partial charge in [0.2, 0.25) is 0 Å². The predicted molar refractivity (Wildman–Crippen MR) is 159 cm³/mol. The number of methoxy groups -OCH3 is 2. The summed E-state index contributed by atoms with van der Waals surface area (Å²) in [6.07, 6.45) is 12.4. The number of aliphatic hydroxyl groups is 1. The number of rotatable bonds is 17. The lowest BCUT2D eigenvalue weighted by atomic mass is 9.74. The average molecular weight is 553 g/mol. The van der Waals surface area contributed by atoms with E-state index in [1.165, 1.54) is 44.2 Å². The van der Waals surface area contributed by atoms with Gasteiger partial charge in [-0.3, -0.25) is 0 Å². The Morgan fingerprint density at radius 2 is 1.55 bits per heavy atom. The number of halogens is 1. The summed E-state index contributed by atoms with van der Waals surface area (Å²) in [7, 11) is 3.28. The summed E-state index contributed by atoms with van der Waals surface area (Å²) in [5.74, 6) is 1.25. The summed E-state index contributed by atoms with van der Waals surface area (Å²) in [4.78, 5) is 2.46. The molecule has 0 radical (unpaired) electrons.